The van der Waals surface area contributed by atoms with Gasteiger partial charge in [0.2, 0.25) is 0 Å². The van der Waals surface area contributed by atoms with Crippen molar-refractivity contribution in [2.24, 2.45) is 0 Å². The van der Waals surface area contributed by atoms with Gasteiger partial charge in [-0.05, 0) is 63.1 Å². The zero-order valence-corrected chi connectivity index (χ0v) is 21.0. The number of carbonyl (C=O) groups excluding carboxylic acids is 1. The third kappa shape index (κ3) is 4.31. The van der Waals surface area contributed by atoms with Crippen LogP contribution in [-0.2, 0) is 13.1 Å². The highest BCUT2D eigenvalue weighted by Gasteiger charge is 2.18. The van der Waals surface area contributed by atoms with Crippen molar-refractivity contribution in [2.75, 3.05) is 5.32 Å². The van der Waals surface area contributed by atoms with Crippen LogP contribution in [0.3, 0.4) is 0 Å². The minimum Gasteiger partial charge on any atom is -0.340 e. The van der Waals surface area contributed by atoms with Gasteiger partial charge >= 0.3 is 0 Å². The molecule has 182 valence electrons. The molecule has 1 amide bonds. The third-order valence-corrected chi connectivity index (χ3v) is 6.98. The van der Waals surface area contributed by atoms with Gasteiger partial charge in [0, 0.05) is 34.3 Å². The number of aryl methyl sites for hydroxylation is 2. The van der Waals surface area contributed by atoms with Crippen LogP contribution in [0.15, 0.2) is 72.8 Å². The molecule has 6 heteroatoms. The summed E-state index contributed by atoms with van der Waals surface area (Å²) < 4.78 is 18.2. The lowest BCUT2D eigenvalue weighted by Crippen LogP contribution is -2.13. The molecular formula is C30H29FN4O. The molecule has 0 fully saturated rings. The van der Waals surface area contributed by atoms with Gasteiger partial charge in [-0.2, -0.15) is 5.10 Å². The Bertz CT molecular complexity index is 1580. The Kier molecular flexibility index (Phi) is 6.18. The summed E-state index contributed by atoms with van der Waals surface area (Å²) >= 11 is 0. The van der Waals surface area contributed by atoms with Crippen LogP contribution in [-0.4, -0.2) is 20.3 Å². The van der Waals surface area contributed by atoms with E-state index in [1.54, 1.807) is 22.9 Å². The molecule has 1 N–H and O–H groups in total. The van der Waals surface area contributed by atoms with Gasteiger partial charge in [0.1, 0.15) is 5.82 Å². The Balaban J connectivity index is 1.41. The van der Waals surface area contributed by atoms with E-state index >= 15 is 0 Å². The number of nitrogens with one attached hydrogen (secondary N) is 1. The Morgan fingerprint density at radius 2 is 1.61 bits per heavy atom. The highest BCUT2D eigenvalue weighted by molar-refractivity contribution is 6.07. The van der Waals surface area contributed by atoms with E-state index in [-0.39, 0.29) is 11.7 Å². The molecule has 0 aliphatic rings. The predicted molar refractivity (Wildman–Crippen MR) is 142 cm³/mol. The maximum Gasteiger partial charge on any atom is 0.255 e. The van der Waals surface area contributed by atoms with Crippen molar-refractivity contribution in [3.05, 3.63) is 118 Å². The molecule has 0 aliphatic heterocycles. The number of benzene rings is 3. The lowest BCUT2D eigenvalue weighted by Gasteiger charge is -2.10. The first-order chi connectivity index (χ1) is 17.3. The first-order valence-corrected chi connectivity index (χ1v) is 12.1. The number of anilines is 1. The Labute approximate surface area is 210 Å². The number of rotatable bonds is 6. The zero-order chi connectivity index (χ0) is 25.4. The van der Waals surface area contributed by atoms with E-state index in [0.717, 1.165) is 23.1 Å². The average molecular weight is 481 g/mol. The standard InChI is InChI=1S/C30H29FN4O/c1-19-21(3)34(17-23-10-6-5-7-11-23)28-15-14-24(16-26(19)28)30(36)32-29-20(2)33-35(22(29)4)18-25-12-8-9-13-27(25)31/h5-16H,17-18H2,1-4H3,(H,32,36). The minimum absolute atomic E-state index is 0.193. The molecule has 0 saturated carbocycles. The van der Waals surface area contributed by atoms with Gasteiger partial charge in [-0.25, -0.2) is 4.39 Å². The van der Waals surface area contributed by atoms with Crippen molar-refractivity contribution in [1.29, 1.82) is 0 Å². The van der Waals surface area contributed by atoms with Crippen molar-refractivity contribution in [1.82, 2.24) is 14.3 Å². The smallest absolute Gasteiger partial charge is 0.255 e. The highest BCUT2D eigenvalue weighted by atomic mass is 19.1. The second-order valence-electron chi connectivity index (χ2n) is 9.26. The average Bonchev–Trinajstić information content (AvgIpc) is 3.28. The molecule has 0 aliphatic carbocycles. The third-order valence-electron chi connectivity index (χ3n) is 6.98. The fourth-order valence-corrected chi connectivity index (χ4v) is 4.77. The minimum atomic E-state index is -0.270. The Morgan fingerprint density at radius 1 is 0.889 bits per heavy atom. The molecule has 0 bridgehead atoms. The van der Waals surface area contributed by atoms with Crippen molar-refractivity contribution < 1.29 is 9.18 Å². The van der Waals surface area contributed by atoms with Gasteiger partial charge < -0.3 is 9.88 Å². The van der Waals surface area contributed by atoms with E-state index in [4.69, 9.17) is 0 Å². The van der Waals surface area contributed by atoms with Gasteiger partial charge in [-0.1, -0.05) is 48.5 Å². The molecule has 36 heavy (non-hydrogen) atoms. The summed E-state index contributed by atoms with van der Waals surface area (Å²) in [5.74, 6) is -0.463. The molecule has 2 aromatic heterocycles. The molecule has 0 radical (unpaired) electrons. The highest BCUT2D eigenvalue weighted by Crippen LogP contribution is 2.28. The summed E-state index contributed by atoms with van der Waals surface area (Å²) in [6.45, 7) is 9.03. The quantitative estimate of drug-likeness (QED) is 0.299. The van der Waals surface area contributed by atoms with Crippen molar-refractivity contribution >= 4 is 22.5 Å². The number of amides is 1. The predicted octanol–water partition coefficient (Wildman–Crippen LogP) is 6.56. The topological polar surface area (TPSA) is 51.9 Å². The van der Waals surface area contributed by atoms with E-state index in [1.165, 1.54) is 22.9 Å². The molecule has 0 saturated heterocycles. The molecule has 0 unspecified atom stereocenters. The molecular weight excluding hydrogens is 451 g/mol. The maximum atomic E-state index is 14.1. The lowest BCUT2D eigenvalue weighted by molar-refractivity contribution is 0.102. The number of halogens is 1. The van der Waals surface area contributed by atoms with Gasteiger partial charge in [0.25, 0.3) is 5.91 Å². The summed E-state index contributed by atoms with van der Waals surface area (Å²) in [5, 5.41) is 8.65. The zero-order valence-electron chi connectivity index (χ0n) is 21.0. The number of aromatic nitrogens is 3. The normalized spacial score (nSPS) is 11.2. The number of hydrogen-bond donors (Lipinski definition) is 1. The molecule has 0 atom stereocenters. The van der Waals surface area contributed by atoms with Crippen LogP contribution in [0.4, 0.5) is 10.1 Å². The Morgan fingerprint density at radius 3 is 2.36 bits per heavy atom. The van der Waals surface area contributed by atoms with Gasteiger partial charge in [0.15, 0.2) is 0 Å². The van der Waals surface area contributed by atoms with Crippen LogP contribution < -0.4 is 5.32 Å². The Hall–Kier alpha value is -4.19. The summed E-state index contributed by atoms with van der Waals surface area (Å²) in [6.07, 6.45) is 0. The number of hydrogen-bond acceptors (Lipinski definition) is 2. The maximum absolute atomic E-state index is 14.1. The molecule has 5 rings (SSSR count). The van der Waals surface area contributed by atoms with Gasteiger partial charge in [-0.3, -0.25) is 9.48 Å². The van der Waals surface area contributed by atoms with E-state index in [1.807, 2.05) is 50.2 Å². The fraction of sp³-hybridized carbons (Fsp3) is 0.200. The number of fused-ring (bicyclic) bond motifs is 1. The summed E-state index contributed by atoms with van der Waals surface area (Å²) in [6, 6.07) is 22.9. The fourth-order valence-electron chi connectivity index (χ4n) is 4.77. The van der Waals surface area contributed by atoms with Crippen LogP contribution in [0.2, 0.25) is 0 Å². The van der Waals surface area contributed by atoms with E-state index in [9.17, 15) is 9.18 Å². The van der Waals surface area contributed by atoms with Crippen molar-refractivity contribution in [3.63, 3.8) is 0 Å². The van der Waals surface area contributed by atoms with Crippen LogP contribution in [0.1, 0.15) is 44.1 Å². The van der Waals surface area contributed by atoms with Crippen molar-refractivity contribution in [2.45, 2.75) is 40.8 Å². The molecule has 5 aromatic rings. The summed E-state index contributed by atoms with van der Waals surface area (Å²) in [5.41, 5.74) is 7.97. The summed E-state index contributed by atoms with van der Waals surface area (Å²) in [4.78, 5) is 13.3. The van der Waals surface area contributed by atoms with E-state index in [2.05, 4.69) is 41.0 Å². The van der Waals surface area contributed by atoms with Gasteiger partial charge in [0.05, 0.1) is 23.6 Å². The van der Waals surface area contributed by atoms with E-state index < -0.39 is 0 Å². The van der Waals surface area contributed by atoms with Crippen molar-refractivity contribution in [3.8, 4) is 0 Å². The molecule has 0 spiro atoms. The van der Waals surface area contributed by atoms with Gasteiger partial charge in [-0.15, -0.1) is 0 Å². The second kappa shape index (κ2) is 9.46. The lowest BCUT2D eigenvalue weighted by atomic mass is 10.1. The molecule has 3 aromatic carbocycles. The number of nitrogens with zero attached hydrogens (tertiary/aromatic N) is 3. The first-order valence-electron chi connectivity index (χ1n) is 12.1. The number of carbonyl (C=O) groups is 1. The molecule has 2 heterocycles. The second-order valence-corrected chi connectivity index (χ2v) is 9.26. The first kappa shape index (κ1) is 23.5. The summed E-state index contributed by atoms with van der Waals surface area (Å²) in [7, 11) is 0. The van der Waals surface area contributed by atoms with Crippen LogP contribution >= 0.6 is 0 Å². The van der Waals surface area contributed by atoms with Crippen LogP contribution in [0, 0.1) is 33.5 Å². The SMILES string of the molecule is Cc1nn(Cc2ccccc2F)c(C)c1NC(=O)c1ccc2c(c1)c(C)c(C)n2Cc1ccccc1. The monoisotopic (exact) mass is 480 g/mol. The van der Waals surface area contributed by atoms with E-state index in [0.29, 0.717) is 29.1 Å². The van der Waals surface area contributed by atoms with Crippen LogP contribution in [0.5, 0.6) is 0 Å². The molecule has 5 nitrogen and oxygen atoms in total. The van der Waals surface area contributed by atoms with Crippen LogP contribution in [0.25, 0.3) is 10.9 Å². The largest absolute Gasteiger partial charge is 0.340 e.